The van der Waals surface area contributed by atoms with Gasteiger partial charge in [-0.3, -0.25) is 9.59 Å². The van der Waals surface area contributed by atoms with E-state index in [9.17, 15) is 9.59 Å². The summed E-state index contributed by atoms with van der Waals surface area (Å²) < 4.78 is 5.69. The Kier molecular flexibility index (Phi) is 4.93. The van der Waals surface area contributed by atoms with Gasteiger partial charge in [0.2, 0.25) is 0 Å². The SMILES string of the molecule is C=C1C[C@H](OC(C)=O)C2C(C)(C)CCC[C@]2(C)[C@H]1CCC(=O)O. The van der Waals surface area contributed by atoms with E-state index in [1.807, 2.05) is 0 Å². The lowest BCUT2D eigenvalue weighted by atomic mass is 9.46. The molecule has 0 bridgehead atoms. The summed E-state index contributed by atoms with van der Waals surface area (Å²) in [5.41, 5.74) is 1.08. The van der Waals surface area contributed by atoms with Crippen molar-refractivity contribution in [2.75, 3.05) is 0 Å². The molecule has 1 unspecified atom stereocenters. The van der Waals surface area contributed by atoms with Crippen LogP contribution in [-0.4, -0.2) is 23.1 Å². The molecule has 2 fully saturated rings. The van der Waals surface area contributed by atoms with Crippen LogP contribution >= 0.6 is 0 Å². The van der Waals surface area contributed by atoms with Crippen LogP contribution in [0.1, 0.15) is 66.2 Å². The van der Waals surface area contributed by atoms with E-state index >= 15 is 0 Å². The number of carboxylic acids is 1. The van der Waals surface area contributed by atoms with E-state index in [2.05, 4.69) is 27.4 Å². The maximum atomic E-state index is 11.6. The van der Waals surface area contributed by atoms with Crippen molar-refractivity contribution in [3.05, 3.63) is 12.2 Å². The van der Waals surface area contributed by atoms with Gasteiger partial charge in [0.05, 0.1) is 0 Å². The summed E-state index contributed by atoms with van der Waals surface area (Å²) in [6, 6.07) is 0. The molecule has 2 aliphatic rings. The number of esters is 1. The minimum Gasteiger partial charge on any atom is -0.481 e. The third kappa shape index (κ3) is 3.46. The normalized spacial score (nSPS) is 36.2. The molecule has 4 heteroatoms. The van der Waals surface area contributed by atoms with Crippen LogP contribution in [0.5, 0.6) is 0 Å². The Bertz CT molecular complexity index is 507. The summed E-state index contributed by atoms with van der Waals surface area (Å²) in [5.74, 6) is -0.558. The fourth-order valence-electron chi connectivity index (χ4n) is 5.56. The molecule has 2 saturated carbocycles. The maximum absolute atomic E-state index is 11.6. The lowest BCUT2D eigenvalue weighted by Crippen LogP contribution is -2.56. The number of carboxylic acid groups (broad SMARTS) is 1. The molecular formula is C19H30O4. The van der Waals surface area contributed by atoms with Crippen LogP contribution in [0.3, 0.4) is 0 Å². The molecule has 0 heterocycles. The van der Waals surface area contributed by atoms with Crippen LogP contribution in [0.25, 0.3) is 0 Å². The number of carbonyl (C=O) groups is 2. The van der Waals surface area contributed by atoms with E-state index in [0.717, 1.165) is 24.8 Å². The van der Waals surface area contributed by atoms with Crippen LogP contribution in [0.4, 0.5) is 0 Å². The number of rotatable bonds is 4. The van der Waals surface area contributed by atoms with E-state index in [4.69, 9.17) is 9.84 Å². The van der Waals surface area contributed by atoms with Gasteiger partial charge in [0, 0.05) is 25.7 Å². The van der Waals surface area contributed by atoms with E-state index in [-0.39, 0.29) is 41.2 Å². The molecule has 0 aromatic rings. The van der Waals surface area contributed by atoms with E-state index < -0.39 is 5.97 Å². The highest BCUT2D eigenvalue weighted by molar-refractivity contribution is 5.67. The molecule has 23 heavy (non-hydrogen) atoms. The van der Waals surface area contributed by atoms with Gasteiger partial charge in [-0.05, 0) is 36.0 Å². The van der Waals surface area contributed by atoms with Crippen molar-refractivity contribution in [3.63, 3.8) is 0 Å². The smallest absolute Gasteiger partial charge is 0.303 e. The molecule has 0 aliphatic heterocycles. The number of hydrogen-bond acceptors (Lipinski definition) is 3. The summed E-state index contributed by atoms with van der Waals surface area (Å²) in [7, 11) is 0. The molecule has 0 radical (unpaired) electrons. The number of fused-ring (bicyclic) bond motifs is 1. The number of aliphatic carboxylic acids is 1. The molecule has 4 atom stereocenters. The lowest BCUT2D eigenvalue weighted by molar-refractivity contribution is -0.171. The molecule has 130 valence electrons. The van der Waals surface area contributed by atoms with Crippen molar-refractivity contribution in [1.29, 1.82) is 0 Å². The van der Waals surface area contributed by atoms with Crippen LogP contribution in [0, 0.1) is 22.7 Å². The summed E-state index contributed by atoms with van der Waals surface area (Å²) in [5, 5.41) is 9.08. The highest BCUT2D eigenvalue weighted by Crippen LogP contribution is 2.62. The molecule has 4 nitrogen and oxygen atoms in total. The molecule has 0 aromatic heterocycles. The monoisotopic (exact) mass is 322 g/mol. The van der Waals surface area contributed by atoms with E-state index in [1.54, 1.807) is 0 Å². The Morgan fingerprint density at radius 3 is 2.52 bits per heavy atom. The number of hydrogen-bond donors (Lipinski definition) is 1. The summed E-state index contributed by atoms with van der Waals surface area (Å²) in [4.78, 5) is 22.6. The van der Waals surface area contributed by atoms with Crippen molar-refractivity contribution in [2.24, 2.45) is 22.7 Å². The zero-order valence-electron chi connectivity index (χ0n) is 14.9. The quantitative estimate of drug-likeness (QED) is 0.622. The fraction of sp³-hybridized carbons (Fsp3) is 0.789. The minimum atomic E-state index is -0.755. The van der Waals surface area contributed by atoms with E-state index in [0.29, 0.717) is 12.8 Å². The first kappa shape index (κ1) is 18.0. The number of ether oxygens (including phenoxy) is 1. The predicted octanol–water partition coefficient (Wildman–Crippen LogP) is 4.19. The average Bonchev–Trinajstić information content (AvgIpc) is 2.34. The fourth-order valence-corrected chi connectivity index (χ4v) is 5.56. The summed E-state index contributed by atoms with van der Waals surface area (Å²) >= 11 is 0. The third-order valence-corrected chi connectivity index (χ3v) is 6.18. The standard InChI is InChI=1S/C19H30O4/c1-12-11-15(23-13(2)20)17-18(3,4)9-6-10-19(17,5)14(12)7-8-16(21)22/h14-15,17H,1,6-11H2,2-5H3,(H,21,22)/t14-,15-,17?,19+/m0/s1. The predicted molar refractivity (Wildman–Crippen MR) is 88.9 cm³/mol. The molecule has 2 rings (SSSR count). The second kappa shape index (κ2) is 6.29. The first-order chi connectivity index (χ1) is 10.6. The van der Waals surface area contributed by atoms with Gasteiger partial charge in [0.1, 0.15) is 6.10 Å². The molecule has 0 spiro atoms. The molecular weight excluding hydrogens is 292 g/mol. The van der Waals surface area contributed by atoms with Crippen LogP contribution in [0.15, 0.2) is 12.2 Å². The van der Waals surface area contributed by atoms with E-state index in [1.165, 1.54) is 6.92 Å². The second-order valence-electron chi connectivity index (χ2n) is 8.32. The molecule has 1 N–H and O–H groups in total. The Balaban J connectivity index is 2.37. The van der Waals surface area contributed by atoms with Gasteiger partial charge in [-0.25, -0.2) is 0 Å². The van der Waals surface area contributed by atoms with Crippen molar-refractivity contribution in [3.8, 4) is 0 Å². The van der Waals surface area contributed by atoms with Gasteiger partial charge < -0.3 is 9.84 Å². The van der Waals surface area contributed by atoms with Crippen molar-refractivity contribution in [2.45, 2.75) is 72.3 Å². The first-order valence-electron chi connectivity index (χ1n) is 8.64. The van der Waals surface area contributed by atoms with Gasteiger partial charge >= 0.3 is 11.9 Å². The van der Waals surface area contributed by atoms with Crippen LogP contribution < -0.4 is 0 Å². The summed E-state index contributed by atoms with van der Waals surface area (Å²) in [6.07, 6.45) is 4.61. The van der Waals surface area contributed by atoms with Gasteiger partial charge in [-0.2, -0.15) is 0 Å². The van der Waals surface area contributed by atoms with Gasteiger partial charge in [0.25, 0.3) is 0 Å². The lowest BCUT2D eigenvalue weighted by Gasteiger charge is -2.60. The highest BCUT2D eigenvalue weighted by Gasteiger charge is 2.57. The highest BCUT2D eigenvalue weighted by atomic mass is 16.5. The van der Waals surface area contributed by atoms with Gasteiger partial charge in [-0.15, -0.1) is 0 Å². The van der Waals surface area contributed by atoms with Crippen LogP contribution in [0.2, 0.25) is 0 Å². The van der Waals surface area contributed by atoms with Crippen molar-refractivity contribution < 1.29 is 19.4 Å². The second-order valence-corrected chi connectivity index (χ2v) is 8.32. The average molecular weight is 322 g/mol. The number of carbonyl (C=O) groups excluding carboxylic acids is 1. The zero-order valence-corrected chi connectivity index (χ0v) is 14.9. The van der Waals surface area contributed by atoms with Crippen molar-refractivity contribution in [1.82, 2.24) is 0 Å². The Hall–Kier alpha value is -1.32. The van der Waals surface area contributed by atoms with Crippen molar-refractivity contribution >= 4 is 11.9 Å². The summed E-state index contributed by atoms with van der Waals surface area (Å²) in [6.45, 7) is 12.5. The van der Waals surface area contributed by atoms with Crippen LogP contribution in [-0.2, 0) is 14.3 Å². The molecule has 0 saturated heterocycles. The Morgan fingerprint density at radius 2 is 1.96 bits per heavy atom. The maximum Gasteiger partial charge on any atom is 0.303 e. The largest absolute Gasteiger partial charge is 0.481 e. The van der Waals surface area contributed by atoms with Gasteiger partial charge in [-0.1, -0.05) is 39.3 Å². The molecule has 2 aliphatic carbocycles. The van der Waals surface area contributed by atoms with Gasteiger partial charge in [0.15, 0.2) is 0 Å². The Morgan fingerprint density at radius 1 is 1.30 bits per heavy atom. The first-order valence-corrected chi connectivity index (χ1v) is 8.64. The minimum absolute atomic E-state index is 0.0490. The molecule has 0 aromatic carbocycles. The topological polar surface area (TPSA) is 63.6 Å². The Labute approximate surface area is 139 Å². The third-order valence-electron chi connectivity index (χ3n) is 6.18. The zero-order chi connectivity index (χ0) is 17.4. The molecule has 0 amide bonds.